The van der Waals surface area contributed by atoms with Gasteiger partial charge in [-0.05, 0) is 66.6 Å². The Labute approximate surface area is 189 Å². The predicted molar refractivity (Wildman–Crippen MR) is 125 cm³/mol. The van der Waals surface area contributed by atoms with Crippen LogP contribution in [0.4, 0.5) is 5.69 Å². The van der Waals surface area contributed by atoms with Crippen molar-refractivity contribution in [3.05, 3.63) is 101 Å². The van der Waals surface area contributed by atoms with Crippen molar-refractivity contribution < 1.29 is 14.4 Å². The minimum Gasteiger partial charge on any atom is -0.399 e. The normalized spacial score (nSPS) is 10.1. The van der Waals surface area contributed by atoms with Crippen LogP contribution in [0, 0.1) is 0 Å². The van der Waals surface area contributed by atoms with Crippen LogP contribution in [0.1, 0.15) is 39.9 Å². The van der Waals surface area contributed by atoms with Gasteiger partial charge in [-0.2, -0.15) is 5.48 Å². The summed E-state index contributed by atoms with van der Waals surface area (Å²) < 4.78 is 0. The molecule has 31 heavy (non-hydrogen) atoms. The molecule has 0 aromatic heterocycles. The quantitative estimate of drug-likeness (QED) is 0.304. The molecule has 0 saturated heterocycles. The number of anilines is 1. The molecule has 6 heteroatoms. The van der Waals surface area contributed by atoms with Crippen LogP contribution in [-0.4, -0.2) is 11.9 Å². The first kappa shape index (κ1) is 24.0. The summed E-state index contributed by atoms with van der Waals surface area (Å²) in [5.74, 6) is -1.01. The Morgan fingerprint density at radius 2 is 1.29 bits per heavy atom. The average molecular weight is 439 g/mol. The molecule has 3 aromatic rings. The Kier molecular flexibility index (Phi) is 9.59. The van der Waals surface area contributed by atoms with Gasteiger partial charge in [0.15, 0.2) is 0 Å². The number of hydroxylamine groups is 1. The summed E-state index contributed by atoms with van der Waals surface area (Å²) >= 11 is 0. The zero-order chi connectivity index (χ0) is 21.2. The van der Waals surface area contributed by atoms with E-state index in [4.69, 9.17) is 10.6 Å². The van der Waals surface area contributed by atoms with Gasteiger partial charge in [0.2, 0.25) is 0 Å². The van der Waals surface area contributed by atoms with Gasteiger partial charge < -0.3 is 10.6 Å². The van der Waals surface area contributed by atoms with Gasteiger partial charge in [-0.3, -0.25) is 4.79 Å². The van der Waals surface area contributed by atoms with Gasteiger partial charge >= 0.3 is 5.97 Å². The van der Waals surface area contributed by atoms with Crippen LogP contribution >= 0.6 is 12.4 Å². The standard InChI is InChI=1S/C25H26N2O3.ClH/c26-23-16-14-22(15-17-23)25(29)30-27-24(28)18-21-12-10-20(11-13-21)9-5-4-8-19-6-2-1-3-7-19;/h1-3,6-7,10-17H,4-5,8-9,18,26H2,(H,27,28);1H. The molecule has 1 amide bonds. The van der Waals surface area contributed by atoms with E-state index in [0.29, 0.717) is 11.3 Å². The first-order valence-electron chi connectivity index (χ1n) is 10.1. The van der Waals surface area contributed by atoms with Crippen molar-refractivity contribution in [1.29, 1.82) is 0 Å². The van der Waals surface area contributed by atoms with Crippen molar-refractivity contribution in [2.75, 3.05) is 5.73 Å². The summed E-state index contributed by atoms with van der Waals surface area (Å²) in [6, 6.07) is 24.8. The van der Waals surface area contributed by atoms with Gasteiger partial charge in [0.1, 0.15) is 0 Å². The van der Waals surface area contributed by atoms with Crippen LogP contribution in [-0.2, 0) is 28.9 Å². The van der Waals surface area contributed by atoms with E-state index >= 15 is 0 Å². The van der Waals surface area contributed by atoms with E-state index in [2.05, 4.69) is 29.7 Å². The number of amides is 1. The van der Waals surface area contributed by atoms with Gasteiger partial charge in [0.25, 0.3) is 5.91 Å². The number of carbonyl (C=O) groups is 2. The molecule has 0 heterocycles. The molecule has 5 nitrogen and oxygen atoms in total. The molecular weight excluding hydrogens is 412 g/mol. The Morgan fingerprint density at radius 1 is 0.742 bits per heavy atom. The number of benzene rings is 3. The molecule has 0 spiro atoms. The lowest BCUT2D eigenvalue weighted by molar-refractivity contribution is -0.129. The van der Waals surface area contributed by atoms with Gasteiger partial charge in [0.05, 0.1) is 12.0 Å². The Balaban J connectivity index is 0.00000341. The number of hydrogen-bond donors (Lipinski definition) is 2. The van der Waals surface area contributed by atoms with Crippen LogP contribution in [0.3, 0.4) is 0 Å². The summed E-state index contributed by atoms with van der Waals surface area (Å²) in [5, 5.41) is 0. The molecule has 3 rings (SSSR count). The highest BCUT2D eigenvalue weighted by atomic mass is 35.5. The number of halogens is 1. The molecule has 162 valence electrons. The third-order valence-electron chi connectivity index (χ3n) is 4.82. The van der Waals surface area contributed by atoms with Crippen molar-refractivity contribution in [1.82, 2.24) is 5.48 Å². The highest BCUT2D eigenvalue weighted by Crippen LogP contribution is 2.11. The van der Waals surface area contributed by atoms with Crippen LogP contribution in [0.15, 0.2) is 78.9 Å². The number of carbonyl (C=O) groups excluding carboxylic acids is 2. The molecule has 0 atom stereocenters. The van der Waals surface area contributed by atoms with Crippen molar-refractivity contribution >= 4 is 30.0 Å². The van der Waals surface area contributed by atoms with E-state index in [1.54, 1.807) is 24.3 Å². The zero-order valence-corrected chi connectivity index (χ0v) is 18.1. The molecule has 0 radical (unpaired) electrons. The predicted octanol–water partition coefficient (Wildman–Crippen LogP) is 4.69. The smallest absolute Gasteiger partial charge is 0.362 e. The van der Waals surface area contributed by atoms with Crippen molar-refractivity contribution in [3.63, 3.8) is 0 Å². The molecule has 0 fully saturated rings. The third-order valence-corrected chi connectivity index (χ3v) is 4.82. The fraction of sp³-hybridized carbons (Fsp3) is 0.200. The fourth-order valence-corrected chi connectivity index (χ4v) is 3.13. The topological polar surface area (TPSA) is 81.4 Å². The fourth-order valence-electron chi connectivity index (χ4n) is 3.13. The maximum Gasteiger partial charge on any atom is 0.362 e. The van der Waals surface area contributed by atoms with Crippen LogP contribution in [0.25, 0.3) is 0 Å². The number of aryl methyl sites for hydroxylation is 2. The average Bonchev–Trinajstić information content (AvgIpc) is 2.77. The van der Waals surface area contributed by atoms with Gasteiger partial charge in [-0.25, -0.2) is 4.79 Å². The van der Waals surface area contributed by atoms with Crippen LogP contribution in [0.5, 0.6) is 0 Å². The molecule has 0 saturated carbocycles. The summed E-state index contributed by atoms with van der Waals surface area (Å²) in [4.78, 5) is 28.8. The lowest BCUT2D eigenvalue weighted by atomic mass is 10.0. The largest absolute Gasteiger partial charge is 0.399 e. The first-order valence-corrected chi connectivity index (χ1v) is 10.1. The van der Waals surface area contributed by atoms with E-state index in [9.17, 15) is 9.59 Å². The first-order chi connectivity index (χ1) is 14.6. The van der Waals surface area contributed by atoms with Crippen molar-refractivity contribution in [3.8, 4) is 0 Å². The van der Waals surface area contributed by atoms with E-state index in [0.717, 1.165) is 31.2 Å². The highest BCUT2D eigenvalue weighted by Gasteiger charge is 2.10. The maximum absolute atomic E-state index is 12.0. The monoisotopic (exact) mass is 438 g/mol. The molecule has 3 aromatic carbocycles. The van der Waals surface area contributed by atoms with E-state index in [1.165, 1.54) is 11.1 Å². The molecule has 0 aliphatic rings. The number of nitrogen functional groups attached to an aromatic ring is 1. The lowest BCUT2D eigenvalue weighted by Crippen LogP contribution is -2.28. The summed E-state index contributed by atoms with van der Waals surface area (Å²) in [5.41, 5.74) is 12.1. The van der Waals surface area contributed by atoms with E-state index < -0.39 is 5.97 Å². The number of hydrogen-bond acceptors (Lipinski definition) is 4. The summed E-state index contributed by atoms with van der Waals surface area (Å²) in [6.45, 7) is 0. The summed E-state index contributed by atoms with van der Waals surface area (Å²) in [6.07, 6.45) is 4.51. The highest BCUT2D eigenvalue weighted by molar-refractivity contribution is 5.91. The second-order valence-electron chi connectivity index (χ2n) is 7.22. The minimum atomic E-state index is -0.630. The number of rotatable bonds is 8. The molecule has 0 unspecified atom stereocenters. The molecule has 0 bridgehead atoms. The van der Waals surface area contributed by atoms with E-state index in [1.807, 2.05) is 30.3 Å². The van der Waals surface area contributed by atoms with Crippen molar-refractivity contribution in [2.45, 2.75) is 32.1 Å². The molecular formula is C25H27ClN2O3. The molecule has 0 aliphatic carbocycles. The van der Waals surface area contributed by atoms with Gasteiger partial charge in [0, 0.05) is 5.69 Å². The zero-order valence-electron chi connectivity index (χ0n) is 17.3. The summed E-state index contributed by atoms with van der Waals surface area (Å²) in [7, 11) is 0. The molecule has 3 N–H and O–H groups in total. The number of nitrogens with two attached hydrogens (primary N) is 1. The minimum absolute atomic E-state index is 0. The number of nitrogens with one attached hydrogen (secondary N) is 1. The van der Waals surface area contributed by atoms with Crippen LogP contribution in [0.2, 0.25) is 0 Å². The third kappa shape index (κ3) is 8.15. The maximum atomic E-state index is 12.0. The molecule has 0 aliphatic heterocycles. The van der Waals surface area contributed by atoms with Crippen molar-refractivity contribution in [2.24, 2.45) is 0 Å². The SMILES string of the molecule is Cl.Nc1ccc(C(=O)ONC(=O)Cc2ccc(CCCCc3ccccc3)cc2)cc1. The second-order valence-corrected chi connectivity index (χ2v) is 7.22. The number of unbranched alkanes of at least 4 members (excludes halogenated alkanes) is 1. The second kappa shape index (κ2) is 12.4. The van der Waals surface area contributed by atoms with Gasteiger partial charge in [-0.15, -0.1) is 12.4 Å². The van der Waals surface area contributed by atoms with Crippen LogP contribution < -0.4 is 11.2 Å². The Bertz CT molecular complexity index is 958. The Hall–Kier alpha value is -3.31. The van der Waals surface area contributed by atoms with Gasteiger partial charge in [-0.1, -0.05) is 54.6 Å². The lowest BCUT2D eigenvalue weighted by Gasteiger charge is -2.07. The Morgan fingerprint density at radius 3 is 1.90 bits per heavy atom. The van der Waals surface area contributed by atoms with E-state index in [-0.39, 0.29) is 24.7 Å².